The van der Waals surface area contributed by atoms with Crippen molar-refractivity contribution in [3.8, 4) is 5.69 Å². The van der Waals surface area contributed by atoms with Crippen LogP contribution in [0.3, 0.4) is 0 Å². The minimum absolute atomic E-state index is 0.0321. The first-order chi connectivity index (χ1) is 17.6. The maximum atomic E-state index is 14.3. The Morgan fingerprint density at radius 2 is 1.73 bits per heavy atom. The van der Waals surface area contributed by atoms with E-state index in [-0.39, 0.29) is 21.4 Å². The molecule has 0 saturated heterocycles. The highest BCUT2D eigenvalue weighted by Crippen LogP contribution is 2.35. The summed E-state index contributed by atoms with van der Waals surface area (Å²) in [6, 6.07) is 14.7. The summed E-state index contributed by atoms with van der Waals surface area (Å²) in [5, 5.41) is 4.05. The fraction of sp³-hybridized carbons (Fsp3) is 0.0833. The van der Waals surface area contributed by atoms with Gasteiger partial charge in [-0.3, -0.25) is 4.40 Å². The first-order valence-corrected chi connectivity index (χ1v) is 12.5. The number of hydrogen-bond acceptors (Lipinski definition) is 4. The van der Waals surface area contributed by atoms with Gasteiger partial charge in [-0.2, -0.15) is 18.3 Å². The standard InChI is InChI=1S/C24H16ClF4N5O2S/c25-22-23(31-21-4-1-2-12-32(21)22)34(15-16-5-10-19(20(26)14-16)24(27,28)29)37(35,36)18-8-6-17(7-9-18)33-13-3-11-30-33/h1-14H,15H2. The van der Waals surface area contributed by atoms with Gasteiger partial charge in [0.05, 0.1) is 22.7 Å². The number of rotatable bonds is 6. The van der Waals surface area contributed by atoms with Crippen molar-refractivity contribution in [1.29, 1.82) is 0 Å². The second-order valence-corrected chi connectivity index (χ2v) is 10.1. The van der Waals surface area contributed by atoms with Crippen molar-refractivity contribution < 1.29 is 26.0 Å². The van der Waals surface area contributed by atoms with Crippen LogP contribution >= 0.6 is 11.6 Å². The van der Waals surface area contributed by atoms with Gasteiger partial charge in [0.15, 0.2) is 11.0 Å². The molecule has 0 amide bonds. The van der Waals surface area contributed by atoms with Crippen LogP contribution in [0.1, 0.15) is 11.1 Å². The second-order valence-electron chi connectivity index (χ2n) is 7.92. The highest BCUT2D eigenvalue weighted by Gasteiger charge is 2.35. The van der Waals surface area contributed by atoms with Gasteiger partial charge < -0.3 is 0 Å². The van der Waals surface area contributed by atoms with Crippen molar-refractivity contribution in [2.45, 2.75) is 17.6 Å². The van der Waals surface area contributed by atoms with Gasteiger partial charge in [0.25, 0.3) is 10.0 Å². The van der Waals surface area contributed by atoms with E-state index in [0.29, 0.717) is 23.5 Å². The van der Waals surface area contributed by atoms with Gasteiger partial charge in [0.2, 0.25) is 0 Å². The smallest absolute Gasteiger partial charge is 0.289 e. The van der Waals surface area contributed by atoms with Crippen molar-refractivity contribution >= 4 is 33.1 Å². The molecule has 3 aromatic heterocycles. The molecule has 0 saturated carbocycles. The maximum Gasteiger partial charge on any atom is 0.419 e. The number of aromatic nitrogens is 4. The molecule has 0 aliphatic rings. The van der Waals surface area contributed by atoms with Crippen LogP contribution in [0.4, 0.5) is 23.4 Å². The van der Waals surface area contributed by atoms with E-state index in [1.807, 2.05) is 0 Å². The first-order valence-electron chi connectivity index (χ1n) is 10.7. The highest BCUT2D eigenvalue weighted by molar-refractivity contribution is 7.92. The molecule has 0 bridgehead atoms. The summed E-state index contributed by atoms with van der Waals surface area (Å²) in [5.41, 5.74) is -0.539. The quantitative estimate of drug-likeness (QED) is 0.254. The fourth-order valence-electron chi connectivity index (χ4n) is 3.76. The molecule has 0 aliphatic heterocycles. The van der Waals surface area contributed by atoms with Crippen LogP contribution in [0.15, 0.2) is 90.2 Å². The number of hydrogen-bond donors (Lipinski definition) is 0. The van der Waals surface area contributed by atoms with Gasteiger partial charge in [0.1, 0.15) is 11.5 Å². The summed E-state index contributed by atoms with van der Waals surface area (Å²) in [5.74, 6) is -1.68. The molecular weight excluding hydrogens is 534 g/mol. The Morgan fingerprint density at radius 3 is 2.35 bits per heavy atom. The number of anilines is 1. The highest BCUT2D eigenvalue weighted by atomic mass is 35.5. The molecule has 5 aromatic rings. The molecule has 7 nitrogen and oxygen atoms in total. The van der Waals surface area contributed by atoms with Gasteiger partial charge >= 0.3 is 6.18 Å². The number of fused-ring (bicyclic) bond motifs is 1. The van der Waals surface area contributed by atoms with Crippen LogP contribution in [-0.4, -0.2) is 27.6 Å². The minimum Gasteiger partial charge on any atom is -0.289 e. The zero-order valence-electron chi connectivity index (χ0n) is 18.6. The molecule has 2 aromatic carbocycles. The van der Waals surface area contributed by atoms with Gasteiger partial charge in [-0.1, -0.05) is 23.7 Å². The molecule has 190 valence electrons. The minimum atomic E-state index is -4.89. The SMILES string of the molecule is O=S(=O)(c1ccc(-n2cccn2)cc1)N(Cc1ccc(C(F)(F)F)c(F)c1)c1nc2ccccn2c1Cl. The molecule has 37 heavy (non-hydrogen) atoms. The lowest BCUT2D eigenvalue weighted by Gasteiger charge is -2.23. The van der Waals surface area contributed by atoms with Crippen molar-refractivity contribution in [3.05, 3.63) is 107 Å². The van der Waals surface area contributed by atoms with Gasteiger partial charge in [0, 0.05) is 18.6 Å². The summed E-state index contributed by atoms with van der Waals surface area (Å²) in [6.45, 7) is -0.526. The summed E-state index contributed by atoms with van der Waals surface area (Å²) < 4.78 is 84.9. The molecule has 0 radical (unpaired) electrons. The van der Waals surface area contributed by atoms with Crippen LogP contribution in [-0.2, 0) is 22.7 Å². The van der Waals surface area contributed by atoms with E-state index in [2.05, 4.69) is 10.1 Å². The largest absolute Gasteiger partial charge is 0.419 e. The van der Waals surface area contributed by atoms with Gasteiger partial charge in [-0.15, -0.1) is 0 Å². The molecule has 0 aliphatic carbocycles. The molecule has 5 rings (SSSR count). The zero-order chi connectivity index (χ0) is 26.4. The van der Waals surface area contributed by atoms with E-state index >= 15 is 0 Å². The first kappa shape index (κ1) is 24.8. The Labute approximate surface area is 213 Å². The van der Waals surface area contributed by atoms with Crippen molar-refractivity contribution in [1.82, 2.24) is 19.2 Å². The summed E-state index contributed by atoms with van der Waals surface area (Å²) >= 11 is 6.48. The average molecular weight is 550 g/mol. The molecule has 0 unspecified atom stereocenters. The normalized spacial score (nSPS) is 12.2. The van der Waals surface area contributed by atoms with Gasteiger partial charge in [-0.25, -0.2) is 26.8 Å². The lowest BCUT2D eigenvalue weighted by atomic mass is 10.1. The number of pyridine rings is 1. The van der Waals surface area contributed by atoms with Crippen molar-refractivity contribution in [2.75, 3.05) is 4.31 Å². The Morgan fingerprint density at radius 1 is 0.973 bits per heavy atom. The van der Waals surface area contributed by atoms with E-state index in [0.717, 1.165) is 10.4 Å². The Kier molecular flexibility index (Phi) is 6.16. The third kappa shape index (κ3) is 4.65. The van der Waals surface area contributed by atoms with Crippen LogP contribution in [0, 0.1) is 5.82 Å². The summed E-state index contributed by atoms with van der Waals surface area (Å²) in [4.78, 5) is 4.19. The lowest BCUT2D eigenvalue weighted by Crippen LogP contribution is -2.31. The van der Waals surface area contributed by atoms with E-state index in [9.17, 15) is 26.0 Å². The van der Waals surface area contributed by atoms with Crippen LogP contribution < -0.4 is 4.31 Å². The average Bonchev–Trinajstić information content (AvgIpc) is 3.51. The van der Waals surface area contributed by atoms with Crippen LogP contribution in [0.2, 0.25) is 5.15 Å². The van der Waals surface area contributed by atoms with Gasteiger partial charge in [-0.05, 0) is 60.2 Å². The molecule has 0 N–H and O–H groups in total. The molecule has 13 heteroatoms. The monoisotopic (exact) mass is 549 g/mol. The number of sulfonamides is 1. The predicted octanol–water partition coefficient (Wildman–Crippen LogP) is 5.73. The third-order valence-electron chi connectivity index (χ3n) is 5.55. The van der Waals surface area contributed by atoms with Crippen molar-refractivity contribution in [2.24, 2.45) is 0 Å². The van der Waals surface area contributed by atoms with Crippen LogP contribution in [0.25, 0.3) is 11.3 Å². The third-order valence-corrected chi connectivity index (χ3v) is 7.65. The Hall–Kier alpha value is -3.90. The molecule has 0 spiro atoms. The second kappa shape index (κ2) is 9.20. The number of halogens is 5. The fourth-order valence-corrected chi connectivity index (χ4v) is 5.50. The molecular formula is C24H16ClF4N5O2S. The predicted molar refractivity (Wildman–Crippen MR) is 129 cm³/mol. The number of imidazole rings is 1. The Bertz CT molecular complexity index is 1680. The van der Waals surface area contributed by atoms with E-state index < -0.39 is 34.1 Å². The van der Waals surface area contributed by atoms with E-state index in [1.165, 1.54) is 21.2 Å². The van der Waals surface area contributed by atoms with Crippen LogP contribution in [0.5, 0.6) is 0 Å². The lowest BCUT2D eigenvalue weighted by molar-refractivity contribution is -0.140. The molecule has 3 heterocycles. The zero-order valence-corrected chi connectivity index (χ0v) is 20.2. The van der Waals surface area contributed by atoms with E-state index in [4.69, 9.17) is 11.6 Å². The molecule has 0 atom stereocenters. The van der Waals surface area contributed by atoms with E-state index in [1.54, 1.807) is 55.0 Å². The number of benzene rings is 2. The Balaban J connectivity index is 1.60. The molecule has 0 fully saturated rings. The number of nitrogens with zero attached hydrogens (tertiary/aromatic N) is 5. The number of alkyl halides is 3. The van der Waals surface area contributed by atoms with Crippen molar-refractivity contribution in [3.63, 3.8) is 0 Å². The maximum absolute atomic E-state index is 14.3. The topological polar surface area (TPSA) is 72.5 Å². The summed E-state index contributed by atoms with van der Waals surface area (Å²) in [6.07, 6.45) is -0.0579. The summed E-state index contributed by atoms with van der Waals surface area (Å²) in [7, 11) is -4.36.